The predicted octanol–water partition coefficient (Wildman–Crippen LogP) is 6.33. The molecule has 0 bridgehead atoms. The molecule has 2 fully saturated rings. The molecule has 2 aliphatic heterocycles. The SMILES string of the molecule is CC(C)c1cccc(C(C)C)c1NC(=O)NCC1(c2ccc(N3CCCC3)cc2)OC(C)C(C)O1. The van der Waals surface area contributed by atoms with E-state index in [0.29, 0.717) is 11.8 Å². The zero-order valence-electron chi connectivity index (χ0n) is 22.1. The first-order valence-corrected chi connectivity index (χ1v) is 13.1. The lowest BCUT2D eigenvalue weighted by Gasteiger charge is -2.30. The van der Waals surface area contributed by atoms with Crippen LogP contribution >= 0.6 is 0 Å². The maximum absolute atomic E-state index is 13.1. The first-order chi connectivity index (χ1) is 16.7. The number of nitrogens with one attached hydrogen (secondary N) is 2. The molecule has 2 N–H and O–H groups in total. The summed E-state index contributed by atoms with van der Waals surface area (Å²) in [4.78, 5) is 15.5. The van der Waals surface area contributed by atoms with Gasteiger partial charge in [-0.25, -0.2) is 4.79 Å². The second-order valence-electron chi connectivity index (χ2n) is 10.6. The summed E-state index contributed by atoms with van der Waals surface area (Å²) < 4.78 is 12.7. The van der Waals surface area contributed by atoms with Crippen LogP contribution in [0.5, 0.6) is 0 Å². The summed E-state index contributed by atoms with van der Waals surface area (Å²) in [5, 5.41) is 6.18. The fourth-order valence-electron chi connectivity index (χ4n) is 5.09. The zero-order valence-corrected chi connectivity index (χ0v) is 22.1. The van der Waals surface area contributed by atoms with Crippen molar-refractivity contribution in [2.75, 3.05) is 29.9 Å². The minimum atomic E-state index is -1.02. The molecule has 2 aliphatic rings. The van der Waals surface area contributed by atoms with Gasteiger partial charge in [-0.1, -0.05) is 58.0 Å². The van der Waals surface area contributed by atoms with Crippen LogP contribution in [0.2, 0.25) is 0 Å². The van der Waals surface area contributed by atoms with E-state index in [1.165, 1.54) is 18.5 Å². The van der Waals surface area contributed by atoms with E-state index >= 15 is 0 Å². The fraction of sp³-hybridized carbons (Fsp3) is 0.552. The van der Waals surface area contributed by atoms with Gasteiger partial charge in [0, 0.05) is 30.0 Å². The molecule has 2 amide bonds. The highest BCUT2D eigenvalue weighted by Crippen LogP contribution is 2.38. The Balaban J connectivity index is 1.52. The highest BCUT2D eigenvalue weighted by Gasteiger charge is 2.46. The van der Waals surface area contributed by atoms with Gasteiger partial charge >= 0.3 is 6.03 Å². The molecule has 6 nitrogen and oxygen atoms in total. The number of hydrogen-bond acceptors (Lipinski definition) is 4. The number of nitrogens with zero attached hydrogens (tertiary/aromatic N) is 1. The van der Waals surface area contributed by atoms with Gasteiger partial charge in [0.1, 0.15) is 0 Å². The second-order valence-corrected chi connectivity index (χ2v) is 10.6. The zero-order chi connectivity index (χ0) is 25.2. The minimum absolute atomic E-state index is 0.0765. The number of benzene rings is 2. The van der Waals surface area contributed by atoms with Crippen molar-refractivity contribution in [1.29, 1.82) is 0 Å². The molecular weight excluding hydrogens is 438 g/mol. The summed E-state index contributed by atoms with van der Waals surface area (Å²) >= 11 is 0. The van der Waals surface area contributed by atoms with Crippen LogP contribution in [0.25, 0.3) is 0 Å². The van der Waals surface area contributed by atoms with Gasteiger partial charge in [-0.3, -0.25) is 0 Å². The number of ether oxygens (including phenoxy) is 2. The van der Waals surface area contributed by atoms with Crippen molar-refractivity contribution in [3.8, 4) is 0 Å². The van der Waals surface area contributed by atoms with E-state index < -0.39 is 5.79 Å². The van der Waals surface area contributed by atoms with E-state index in [4.69, 9.17) is 9.47 Å². The molecule has 190 valence electrons. The smallest absolute Gasteiger partial charge is 0.319 e. The molecule has 0 saturated carbocycles. The van der Waals surface area contributed by atoms with Crippen molar-refractivity contribution in [2.24, 2.45) is 0 Å². The van der Waals surface area contributed by atoms with Crippen molar-refractivity contribution < 1.29 is 14.3 Å². The summed E-state index contributed by atoms with van der Waals surface area (Å²) in [7, 11) is 0. The maximum atomic E-state index is 13.1. The van der Waals surface area contributed by atoms with Crippen LogP contribution < -0.4 is 15.5 Å². The van der Waals surface area contributed by atoms with Crippen LogP contribution in [0.4, 0.5) is 16.2 Å². The van der Waals surface area contributed by atoms with Crippen molar-refractivity contribution in [2.45, 2.75) is 84.2 Å². The lowest BCUT2D eigenvalue weighted by Crippen LogP contribution is -2.44. The number of hydrogen-bond donors (Lipinski definition) is 2. The van der Waals surface area contributed by atoms with Crippen molar-refractivity contribution in [1.82, 2.24) is 5.32 Å². The largest absolute Gasteiger partial charge is 0.372 e. The minimum Gasteiger partial charge on any atom is -0.372 e. The number of amides is 2. The third-order valence-corrected chi connectivity index (χ3v) is 7.29. The van der Waals surface area contributed by atoms with Gasteiger partial charge in [0.15, 0.2) is 0 Å². The van der Waals surface area contributed by atoms with Gasteiger partial charge in [-0.05, 0) is 61.8 Å². The number of para-hydroxylation sites is 1. The Morgan fingerprint density at radius 2 is 1.49 bits per heavy atom. The van der Waals surface area contributed by atoms with E-state index in [0.717, 1.165) is 35.5 Å². The van der Waals surface area contributed by atoms with Crippen molar-refractivity contribution in [3.05, 3.63) is 59.2 Å². The van der Waals surface area contributed by atoms with Gasteiger partial charge in [0.05, 0.1) is 18.8 Å². The number of anilines is 2. The first-order valence-electron chi connectivity index (χ1n) is 13.1. The summed E-state index contributed by atoms with van der Waals surface area (Å²) in [6.07, 6.45) is 2.33. The van der Waals surface area contributed by atoms with E-state index in [-0.39, 0.29) is 24.8 Å². The van der Waals surface area contributed by atoms with Crippen LogP contribution in [0.1, 0.15) is 82.9 Å². The molecule has 0 aromatic heterocycles. The molecule has 0 radical (unpaired) electrons. The molecule has 2 unspecified atom stereocenters. The fourth-order valence-corrected chi connectivity index (χ4v) is 5.09. The summed E-state index contributed by atoms with van der Waals surface area (Å²) in [5.41, 5.74) is 5.30. The molecule has 2 heterocycles. The van der Waals surface area contributed by atoms with Crippen LogP contribution in [0.15, 0.2) is 42.5 Å². The summed E-state index contributed by atoms with van der Waals surface area (Å²) in [6.45, 7) is 15.0. The lowest BCUT2D eigenvalue weighted by molar-refractivity contribution is -0.176. The lowest BCUT2D eigenvalue weighted by atomic mass is 9.93. The monoisotopic (exact) mass is 479 g/mol. The third-order valence-electron chi connectivity index (χ3n) is 7.29. The Morgan fingerprint density at radius 1 is 0.943 bits per heavy atom. The van der Waals surface area contributed by atoms with Crippen molar-refractivity contribution >= 4 is 17.4 Å². The van der Waals surface area contributed by atoms with Crippen LogP contribution in [0, 0.1) is 0 Å². The van der Waals surface area contributed by atoms with E-state index in [1.54, 1.807) is 0 Å². The topological polar surface area (TPSA) is 62.8 Å². The Bertz CT molecular complexity index is 976. The molecular formula is C29H41N3O3. The van der Waals surface area contributed by atoms with E-state index in [2.05, 4.69) is 85.7 Å². The van der Waals surface area contributed by atoms with Crippen LogP contribution in [0.3, 0.4) is 0 Å². The van der Waals surface area contributed by atoms with Gasteiger partial charge in [0.2, 0.25) is 5.79 Å². The first kappa shape index (κ1) is 25.5. The highest BCUT2D eigenvalue weighted by atomic mass is 16.8. The van der Waals surface area contributed by atoms with Gasteiger partial charge < -0.3 is 25.0 Å². The van der Waals surface area contributed by atoms with E-state index in [1.807, 2.05) is 13.8 Å². The molecule has 4 rings (SSSR count). The Labute approximate surface area is 210 Å². The number of rotatable bonds is 7. The van der Waals surface area contributed by atoms with Gasteiger partial charge in [-0.2, -0.15) is 0 Å². The average molecular weight is 480 g/mol. The summed E-state index contributed by atoms with van der Waals surface area (Å²) in [6, 6.07) is 14.4. The Kier molecular flexibility index (Phi) is 7.72. The van der Waals surface area contributed by atoms with Crippen molar-refractivity contribution in [3.63, 3.8) is 0 Å². The molecule has 2 atom stereocenters. The van der Waals surface area contributed by atoms with Gasteiger partial charge in [-0.15, -0.1) is 0 Å². The average Bonchev–Trinajstić information content (AvgIpc) is 3.46. The normalized spacial score (nSPS) is 24.4. The number of carbonyl (C=O) groups excluding carboxylic acids is 1. The standard InChI is InChI=1S/C29H41N3O3/c1-19(2)25-10-9-11-26(20(3)4)27(25)31-28(33)30-18-29(34-21(5)22(6)35-29)23-12-14-24(15-13-23)32-16-7-8-17-32/h9-15,19-22H,7-8,16-18H2,1-6H3,(H2,30,31,33). The maximum Gasteiger partial charge on any atom is 0.319 e. The molecule has 2 aromatic rings. The quantitative estimate of drug-likeness (QED) is 0.487. The Morgan fingerprint density at radius 3 is 2.00 bits per heavy atom. The molecule has 0 spiro atoms. The molecule has 2 aromatic carbocycles. The second kappa shape index (κ2) is 10.6. The predicted molar refractivity (Wildman–Crippen MR) is 142 cm³/mol. The molecule has 2 saturated heterocycles. The van der Waals surface area contributed by atoms with Crippen LogP contribution in [-0.4, -0.2) is 37.9 Å². The third kappa shape index (κ3) is 5.49. The summed E-state index contributed by atoms with van der Waals surface area (Å²) in [5.74, 6) is -0.418. The van der Waals surface area contributed by atoms with Gasteiger partial charge in [0.25, 0.3) is 0 Å². The number of urea groups is 1. The highest BCUT2D eigenvalue weighted by molar-refractivity contribution is 5.91. The van der Waals surface area contributed by atoms with E-state index in [9.17, 15) is 4.79 Å². The molecule has 6 heteroatoms. The molecule has 35 heavy (non-hydrogen) atoms. The molecule has 0 aliphatic carbocycles. The Hall–Kier alpha value is -2.57. The van der Waals surface area contributed by atoms with Crippen LogP contribution in [-0.2, 0) is 15.3 Å². The number of carbonyl (C=O) groups is 1.